The summed E-state index contributed by atoms with van der Waals surface area (Å²) in [7, 11) is 0. The first-order chi connectivity index (χ1) is 13.7. The fourth-order valence-corrected chi connectivity index (χ4v) is 4.38. The summed E-state index contributed by atoms with van der Waals surface area (Å²) in [4.78, 5) is 23.8. The van der Waals surface area contributed by atoms with Gasteiger partial charge < -0.3 is 15.3 Å². The SMILES string of the molecule is Cc1[nH]c2ccccc2c1-c1csc(NC(=O)Cc2c[nH]c3ccccc23)n1. The van der Waals surface area contributed by atoms with Gasteiger partial charge in [0.15, 0.2) is 5.13 Å². The van der Waals surface area contributed by atoms with E-state index < -0.39 is 0 Å². The number of carbonyl (C=O) groups is 1. The Labute approximate surface area is 165 Å². The molecule has 3 heterocycles. The van der Waals surface area contributed by atoms with Crippen molar-refractivity contribution in [3.63, 3.8) is 0 Å². The Balaban J connectivity index is 1.38. The first-order valence-electron chi connectivity index (χ1n) is 9.07. The van der Waals surface area contributed by atoms with E-state index in [2.05, 4.69) is 32.4 Å². The summed E-state index contributed by atoms with van der Waals surface area (Å²) in [5.74, 6) is -0.0682. The van der Waals surface area contributed by atoms with Crippen molar-refractivity contribution in [2.75, 3.05) is 5.32 Å². The molecule has 0 aliphatic carbocycles. The number of benzene rings is 2. The molecule has 6 heteroatoms. The molecular weight excluding hydrogens is 368 g/mol. The van der Waals surface area contributed by atoms with Crippen molar-refractivity contribution in [2.45, 2.75) is 13.3 Å². The van der Waals surface area contributed by atoms with E-state index in [1.165, 1.54) is 11.3 Å². The first kappa shape index (κ1) is 16.8. The van der Waals surface area contributed by atoms with Crippen LogP contribution in [0.4, 0.5) is 5.13 Å². The van der Waals surface area contributed by atoms with Crippen molar-refractivity contribution in [3.8, 4) is 11.3 Å². The number of aryl methyl sites for hydroxylation is 1. The minimum absolute atomic E-state index is 0.0682. The van der Waals surface area contributed by atoms with Gasteiger partial charge in [-0.1, -0.05) is 36.4 Å². The van der Waals surface area contributed by atoms with E-state index in [1.54, 1.807) is 0 Å². The molecule has 0 saturated carbocycles. The van der Waals surface area contributed by atoms with Gasteiger partial charge in [0, 0.05) is 44.6 Å². The van der Waals surface area contributed by atoms with Crippen LogP contribution in [-0.2, 0) is 11.2 Å². The van der Waals surface area contributed by atoms with Crippen molar-refractivity contribution in [3.05, 3.63) is 71.4 Å². The third-order valence-corrected chi connectivity index (χ3v) is 5.68. The molecule has 0 saturated heterocycles. The van der Waals surface area contributed by atoms with Gasteiger partial charge in [0.2, 0.25) is 5.91 Å². The Hall–Kier alpha value is -3.38. The van der Waals surface area contributed by atoms with Gasteiger partial charge in [0.1, 0.15) is 0 Å². The number of para-hydroxylation sites is 2. The molecule has 28 heavy (non-hydrogen) atoms. The zero-order chi connectivity index (χ0) is 19.1. The van der Waals surface area contributed by atoms with Gasteiger partial charge >= 0.3 is 0 Å². The number of hydrogen-bond acceptors (Lipinski definition) is 3. The number of carbonyl (C=O) groups excluding carboxylic acids is 1. The van der Waals surface area contributed by atoms with E-state index >= 15 is 0 Å². The Morgan fingerprint density at radius 1 is 1.07 bits per heavy atom. The van der Waals surface area contributed by atoms with Crippen molar-refractivity contribution < 1.29 is 4.79 Å². The fourth-order valence-electron chi connectivity index (χ4n) is 3.67. The Bertz CT molecular complexity index is 1310. The molecule has 0 aliphatic heterocycles. The maximum atomic E-state index is 12.5. The number of thiazole rings is 1. The minimum Gasteiger partial charge on any atom is -0.361 e. The molecule has 0 atom stereocenters. The first-order valence-corrected chi connectivity index (χ1v) is 9.95. The second-order valence-electron chi connectivity index (χ2n) is 6.79. The fraction of sp³-hybridized carbons (Fsp3) is 0.0909. The molecule has 1 amide bonds. The summed E-state index contributed by atoms with van der Waals surface area (Å²) in [6, 6.07) is 16.2. The lowest BCUT2D eigenvalue weighted by Gasteiger charge is -2.01. The number of aromatic amines is 2. The highest BCUT2D eigenvalue weighted by Crippen LogP contribution is 2.33. The number of aromatic nitrogens is 3. The summed E-state index contributed by atoms with van der Waals surface area (Å²) in [5.41, 5.74) is 6.15. The smallest absolute Gasteiger partial charge is 0.230 e. The molecule has 5 aromatic rings. The lowest BCUT2D eigenvalue weighted by Crippen LogP contribution is -2.14. The Morgan fingerprint density at radius 2 is 1.82 bits per heavy atom. The highest BCUT2D eigenvalue weighted by atomic mass is 32.1. The van der Waals surface area contributed by atoms with Crippen molar-refractivity contribution >= 4 is 44.2 Å². The number of anilines is 1. The summed E-state index contributed by atoms with van der Waals surface area (Å²) < 4.78 is 0. The predicted molar refractivity (Wildman–Crippen MR) is 115 cm³/mol. The molecule has 0 aliphatic rings. The average molecular weight is 386 g/mol. The largest absolute Gasteiger partial charge is 0.361 e. The highest BCUT2D eigenvalue weighted by molar-refractivity contribution is 7.14. The lowest BCUT2D eigenvalue weighted by atomic mass is 10.1. The van der Waals surface area contributed by atoms with Crippen LogP contribution in [0.15, 0.2) is 60.1 Å². The molecule has 0 bridgehead atoms. The summed E-state index contributed by atoms with van der Waals surface area (Å²) in [6.45, 7) is 2.05. The van der Waals surface area contributed by atoms with E-state index in [4.69, 9.17) is 0 Å². The van der Waals surface area contributed by atoms with Crippen LogP contribution < -0.4 is 5.32 Å². The molecule has 0 radical (unpaired) electrons. The molecule has 0 unspecified atom stereocenters. The van der Waals surface area contributed by atoms with E-state index in [1.807, 2.05) is 54.9 Å². The molecule has 2 aromatic carbocycles. The van der Waals surface area contributed by atoms with Crippen LogP contribution in [-0.4, -0.2) is 20.9 Å². The van der Waals surface area contributed by atoms with Crippen LogP contribution in [0.1, 0.15) is 11.3 Å². The van der Waals surface area contributed by atoms with Crippen molar-refractivity contribution in [2.24, 2.45) is 0 Å². The van der Waals surface area contributed by atoms with Gasteiger partial charge in [0.05, 0.1) is 12.1 Å². The normalized spacial score (nSPS) is 11.3. The third kappa shape index (κ3) is 2.88. The molecule has 0 fully saturated rings. The quantitative estimate of drug-likeness (QED) is 0.394. The van der Waals surface area contributed by atoms with Gasteiger partial charge in [-0.25, -0.2) is 4.98 Å². The van der Waals surface area contributed by atoms with E-state index in [0.717, 1.165) is 44.3 Å². The monoisotopic (exact) mass is 386 g/mol. The van der Waals surface area contributed by atoms with Gasteiger partial charge in [-0.05, 0) is 24.6 Å². The topological polar surface area (TPSA) is 73.6 Å². The molecule has 0 spiro atoms. The molecular formula is C22H18N4OS. The summed E-state index contributed by atoms with van der Waals surface area (Å²) in [5, 5.41) is 7.76. The van der Waals surface area contributed by atoms with Crippen LogP contribution >= 0.6 is 11.3 Å². The number of nitrogens with zero attached hydrogens (tertiary/aromatic N) is 1. The van der Waals surface area contributed by atoms with E-state index in [-0.39, 0.29) is 5.91 Å². The Morgan fingerprint density at radius 3 is 2.68 bits per heavy atom. The second-order valence-corrected chi connectivity index (χ2v) is 7.65. The zero-order valence-corrected chi connectivity index (χ0v) is 16.1. The van der Waals surface area contributed by atoms with Crippen LogP contribution in [0.25, 0.3) is 33.1 Å². The maximum Gasteiger partial charge on any atom is 0.230 e. The van der Waals surface area contributed by atoms with Gasteiger partial charge in [0.25, 0.3) is 0 Å². The van der Waals surface area contributed by atoms with Gasteiger partial charge in [-0.2, -0.15) is 0 Å². The predicted octanol–water partition coefficient (Wildman–Crippen LogP) is 5.26. The molecule has 3 N–H and O–H groups in total. The average Bonchev–Trinajstić information content (AvgIpc) is 3.39. The number of amides is 1. The number of rotatable bonds is 4. The molecule has 138 valence electrons. The summed E-state index contributed by atoms with van der Waals surface area (Å²) in [6.07, 6.45) is 2.21. The lowest BCUT2D eigenvalue weighted by molar-refractivity contribution is -0.115. The highest BCUT2D eigenvalue weighted by Gasteiger charge is 2.15. The molecule has 3 aromatic heterocycles. The maximum absolute atomic E-state index is 12.5. The number of fused-ring (bicyclic) bond motifs is 2. The molecule has 5 nitrogen and oxygen atoms in total. The second kappa shape index (κ2) is 6.65. The standard InChI is InChI=1S/C22H18N4OS/c1-13-21(16-7-3-5-9-18(16)24-13)19-12-28-22(25-19)26-20(27)10-14-11-23-17-8-4-2-6-15(14)17/h2-9,11-12,23-24H,10H2,1H3,(H,25,26,27). The summed E-state index contributed by atoms with van der Waals surface area (Å²) >= 11 is 1.44. The van der Waals surface area contributed by atoms with Crippen molar-refractivity contribution in [1.29, 1.82) is 0 Å². The number of H-pyrrole nitrogens is 2. The van der Waals surface area contributed by atoms with Crippen LogP contribution in [0.5, 0.6) is 0 Å². The third-order valence-electron chi connectivity index (χ3n) is 4.93. The molecule has 5 rings (SSSR count). The number of nitrogens with one attached hydrogen (secondary N) is 3. The van der Waals surface area contributed by atoms with Crippen LogP contribution in [0.2, 0.25) is 0 Å². The van der Waals surface area contributed by atoms with E-state index in [9.17, 15) is 4.79 Å². The van der Waals surface area contributed by atoms with Crippen molar-refractivity contribution in [1.82, 2.24) is 15.0 Å². The van der Waals surface area contributed by atoms with Gasteiger partial charge in [-0.3, -0.25) is 4.79 Å². The number of hydrogen-bond donors (Lipinski definition) is 3. The van der Waals surface area contributed by atoms with Crippen LogP contribution in [0.3, 0.4) is 0 Å². The zero-order valence-electron chi connectivity index (χ0n) is 15.2. The van der Waals surface area contributed by atoms with Gasteiger partial charge in [-0.15, -0.1) is 11.3 Å². The minimum atomic E-state index is -0.0682. The van der Waals surface area contributed by atoms with Crippen LogP contribution in [0, 0.1) is 6.92 Å². The Kier molecular flexibility index (Phi) is 3.98. The van der Waals surface area contributed by atoms with E-state index in [0.29, 0.717) is 11.6 Å².